The summed E-state index contributed by atoms with van der Waals surface area (Å²) in [6, 6.07) is 9.59. The van der Waals surface area contributed by atoms with Crippen molar-refractivity contribution >= 4 is 0 Å². The Bertz CT molecular complexity index is 804. The molecule has 0 aliphatic heterocycles. The van der Waals surface area contributed by atoms with Gasteiger partial charge in [-0.2, -0.15) is 4.80 Å². The van der Waals surface area contributed by atoms with Crippen LogP contribution in [-0.2, 0) is 6.54 Å². The maximum Gasteiger partial charge on any atom is 0.206 e. The van der Waals surface area contributed by atoms with E-state index in [0.29, 0.717) is 5.82 Å². The number of tetrazole rings is 1. The zero-order valence-corrected chi connectivity index (χ0v) is 13.6. The fourth-order valence-corrected chi connectivity index (χ4v) is 2.32. The molecule has 0 amide bonds. The molecule has 0 radical (unpaired) electrons. The number of pyridine rings is 1. The molecule has 0 saturated carbocycles. The second-order valence-corrected chi connectivity index (χ2v) is 5.64. The van der Waals surface area contributed by atoms with E-state index in [1.807, 2.05) is 44.2 Å². The van der Waals surface area contributed by atoms with Crippen LogP contribution in [0.2, 0.25) is 0 Å². The van der Waals surface area contributed by atoms with Crippen LogP contribution in [0.3, 0.4) is 0 Å². The normalized spacial score (nSPS) is 12.1. The van der Waals surface area contributed by atoms with Crippen molar-refractivity contribution in [3.05, 3.63) is 53.9 Å². The van der Waals surface area contributed by atoms with Gasteiger partial charge in [-0.3, -0.25) is 4.98 Å². The average Bonchev–Trinajstić information content (AvgIpc) is 3.03. The Hall–Kier alpha value is -2.80. The van der Waals surface area contributed by atoms with Crippen LogP contribution in [0.1, 0.15) is 11.1 Å². The Kier molecular flexibility index (Phi) is 4.81. The molecule has 0 aliphatic carbocycles. The molecule has 7 nitrogen and oxygen atoms in total. The van der Waals surface area contributed by atoms with E-state index in [-0.39, 0.29) is 13.2 Å². The number of hydrogen-bond donors (Lipinski definition) is 1. The number of hydrogen-bond acceptors (Lipinski definition) is 6. The third kappa shape index (κ3) is 3.94. The standard InChI is InChI=1S/C17H19N5O2/c1-12-5-6-16(13(2)8-12)24-11-15(23)10-22-20-17(19-21-22)14-4-3-7-18-9-14/h3-9,15,23H,10-11H2,1-2H3/t15-/m1/s1. The van der Waals surface area contributed by atoms with Crippen LogP contribution >= 0.6 is 0 Å². The van der Waals surface area contributed by atoms with Gasteiger partial charge < -0.3 is 9.84 Å². The van der Waals surface area contributed by atoms with E-state index in [9.17, 15) is 5.11 Å². The van der Waals surface area contributed by atoms with Gasteiger partial charge in [0.05, 0.1) is 6.54 Å². The lowest BCUT2D eigenvalue weighted by Crippen LogP contribution is -2.25. The molecule has 3 aromatic rings. The summed E-state index contributed by atoms with van der Waals surface area (Å²) in [4.78, 5) is 5.38. The Morgan fingerprint density at radius 3 is 2.88 bits per heavy atom. The largest absolute Gasteiger partial charge is 0.491 e. The molecule has 0 aliphatic rings. The van der Waals surface area contributed by atoms with Crippen molar-refractivity contribution < 1.29 is 9.84 Å². The van der Waals surface area contributed by atoms with Crippen molar-refractivity contribution in [2.45, 2.75) is 26.5 Å². The first-order chi connectivity index (χ1) is 11.6. The van der Waals surface area contributed by atoms with E-state index in [1.165, 1.54) is 10.4 Å². The van der Waals surface area contributed by atoms with E-state index >= 15 is 0 Å². The predicted octanol–water partition coefficient (Wildman–Crippen LogP) is 1.79. The quantitative estimate of drug-likeness (QED) is 0.743. The van der Waals surface area contributed by atoms with Crippen molar-refractivity contribution in [1.29, 1.82) is 0 Å². The molecule has 1 aromatic carbocycles. The number of nitrogens with zero attached hydrogens (tertiary/aromatic N) is 5. The molecule has 0 saturated heterocycles. The molecule has 1 atom stereocenters. The molecule has 1 N–H and O–H groups in total. The highest BCUT2D eigenvalue weighted by atomic mass is 16.5. The first-order valence-electron chi connectivity index (χ1n) is 7.68. The summed E-state index contributed by atoms with van der Waals surface area (Å²) < 4.78 is 5.67. The molecular weight excluding hydrogens is 306 g/mol. The van der Waals surface area contributed by atoms with Gasteiger partial charge >= 0.3 is 0 Å². The van der Waals surface area contributed by atoms with Crippen molar-refractivity contribution in [2.75, 3.05) is 6.61 Å². The SMILES string of the molecule is Cc1ccc(OC[C@H](O)Cn2nnc(-c3cccnc3)n2)c(C)c1. The molecule has 124 valence electrons. The summed E-state index contributed by atoms with van der Waals surface area (Å²) in [5.41, 5.74) is 3.00. The Morgan fingerprint density at radius 1 is 1.25 bits per heavy atom. The lowest BCUT2D eigenvalue weighted by molar-refractivity contribution is 0.0847. The monoisotopic (exact) mass is 325 g/mol. The highest BCUT2D eigenvalue weighted by Crippen LogP contribution is 2.19. The van der Waals surface area contributed by atoms with E-state index in [4.69, 9.17) is 4.74 Å². The second-order valence-electron chi connectivity index (χ2n) is 5.64. The lowest BCUT2D eigenvalue weighted by Gasteiger charge is -2.13. The first-order valence-corrected chi connectivity index (χ1v) is 7.68. The third-order valence-corrected chi connectivity index (χ3v) is 3.51. The molecule has 24 heavy (non-hydrogen) atoms. The number of aliphatic hydroxyl groups excluding tert-OH is 1. The molecule has 2 aromatic heterocycles. The van der Waals surface area contributed by atoms with Crippen molar-refractivity contribution in [3.8, 4) is 17.1 Å². The molecular formula is C17H19N5O2. The molecule has 0 fully saturated rings. The lowest BCUT2D eigenvalue weighted by atomic mass is 10.1. The van der Waals surface area contributed by atoms with E-state index in [0.717, 1.165) is 16.9 Å². The van der Waals surface area contributed by atoms with Gasteiger partial charge in [0.15, 0.2) is 0 Å². The number of aryl methyl sites for hydroxylation is 2. The summed E-state index contributed by atoms with van der Waals surface area (Å²) in [6.07, 6.45) is 2.62. The molecule has 2 heterocycles. The topological polar surface area (TPSA) is 86.0 Å². The highest BCUT2D eigenvalue weighted by molar-refractivity contribution is 5.51. The number of ether oxygens (including phenoxy) is 1. The minimum Gasteiger partial charge on any atom is -0.491 e. The van der Waals surface area contributed by atoms with Crippen LogP contribution in [0.15, 0.2) is 42.7 Å². The zero-order chi connectivity index (χ0) is 16.9. The van der Waals surface area contributed by atoms with Gasteiger partial charge in [-0.1, -0.05) is 17.7 Å². The number of aliphatic hydroxyl groups is 1. The van der Waals surface area contributed by atoms with Gasteiger partial charge in [-0.25, -0.2) is 0 Å². The molecule has 0 unspecified atom stereocenters. The summed E-state index contributed by atoms with van der Waals surface area (Å²) in [7, 11) is 0. The maximum absolute atomic E-state index is 10.1. The number of rotatable bonds is 6. The Morgan fingerprint density at radius 2 is 2.12 bits per heavy atom. The summed E-state index contributed by atoms with van der Waals surface area (Å²) in [6.45, 7) is 4.38. The van der Waals surface area contributed by atoms with Crippen LogP contribution < -0.4 is 4.74 Å². The van der Waals surface area contributed by atoms with Crippen LogP contribution in [0.4, 0.5) is 0 Å². The van der Waals surface area contributed by atoms with Crippen LogP contribution in [0.5, 0.6) is 5.75 Å². The van der Waals surface area contributed by atoms with Crippen LogP contribution in [-0.4, -0.2) is 43.0 Å². The summed E-state index contributed by atoms with van der Waals surface area (Å²) in [5, 5.41) is 22.3. The van der Waals surface area contributed by atoms with Crippen LogP contribution in [0, 0.1) is 13.8 Å². The maximum atomic E-state index is 10.1. The van der Waals surface area contributed by atoms with Crippen molar-refractivity contribution in [3.63, 3.8) is 0 Å². The number of aromatic nitrogens is 5. The molecule has 7 heteroatoms. The molecule has 0 bridgehead atoms. The van der Waals surface area contributed by atoms with Crippen molar-refractivity contribution in [2.24, 2.45) is 0 Å². The van der Waals surface area contributed by atoms with Gasteiger partial charge in [-0.05, 0) is 42.8 Å². The Balaban J connectivity index is 1.57. The molecule has 3 rings (SSSR count). The predicted molar refractivity (Wildman–Crippen MR) is 88.5 cm³/mol. The zero-order valence-electron chi connectivity index (χ0n) is 13.6. The van der Waals surface area contributed by atoms with Gasteiger partial charge in [-0.15, -0.1) is 10.2 Å². The van der Waals surface area contributed by atoms with Crippen molar-refractivity contribution in [1.82, 2.24) is 25.2 Å². The average molecular weight is 325 g/mol. The van der Waals surface area contributed by atoms with Crippen LogP contribution in [0.25, 0.3) is 11.4 Å². The number of benzene rings is 1. The Labute approximate surface area is 139 Å². The highest BCUT2D eigenvalue weighted by Gasteiger charge is 2.12. The molecule has 0 spiro atoms. The minimum atomic E-state index is -0.735. The fourth-order valence-electron chi connectivity index (χ4n) is 2.32. The van der Waals surface area contributed by atoms with E-state index in [2.05, 4.69) is 20.4 Å². The van der Waals surface area contributed by atoms with Gasteiger partial charge in [0, 0.05) is 18.0 Å². The first kappa shape index (κ1) is 16.1. The van der Waals surface area contributed by atoms with Gasteiger partial charge in [0.25, 0.3) is 0 Å². The van der Waals surface area contributed by atoms with E-state index < -0.39 is 6.10 Å². The third-order valence-electron chi connectivity index (χ3n) is 3.51. The van der Waals surface area contributed by atoms with Gasteiger partial charge in [0.2, 0.25) is 5.82 Å². The summed E-state index contributed by atoms with van der Waals surface area (Å²) in [5.74, 6) is 1.24. The fraction of sp³-hybridized carbons (Fsp3) is 0.294. The van der Waals surface area contributed by atoms with Gasteiger partial charge in [0.1, 0.15) is 18.5 Å². The second kappa shape index (κ2) is 7.18. The summed E-state index contributed by atoms with van der Waals surface area (Å²) >= 11 is 0. The smallest absolute Gasteiger partial charge is 0.206 e. The minimum absolute atomic E-state index is 0.160. The van der Waals surface area contributed by atoms with E-state index in [1.54, 1.807) is 12.4 Å².